The van der Waals surface area contributed by atoms with Gasteiger partial charge in [-0.25, -0.2) is 4.98 Å². The van der Waals surface area contributed by atoms with Crippen LogP contribution in [0, 0.1) is 0 Å². The van der Waals surface area contributed by atoms with Crippen molar-refractivity contribution in [3.05, 3.63) is 11.2 Å². The summed E-state index contributed by atoms with van der Waals surface area (Å²) in [4.78, 5) is 27.6. The number of carbonyl (C=O) groups excluding carboxylic acids is 2. The van der Waals surface area contributed by atoms with Crippen LogP contribution in [-0.2, 0) is 4.79 Å². The lowest BCUT2D eigenvalue weighted by atomic mass is 10.1. The number of nitrogens with zero attached hydrogens (tertiary/aromatic N) is 2. The van der Waals surface area contributed by atoms with Crippen molar-refractivity contribution in [3.63, 3.8) is 0 Å². The summed E-state index contributed by atoms with van der Waals surface area (Å²) in [7, 11) is 0. The van der Waals surface area contributed by atoms with Gasteiger partial charge in [-0.3, -0.25) is 9.59 Å². The Morgan fingerprint density at radius 1 is 1.62 bits per heavy atom. The van der Waals surface area contributed by atoms with E-state index in [0.717, 1.165) is 0 Å². The first-order chi connectivity index (χ1) is 7.58. The molecule has 3 N–H and O–H groups in total. The number of amides is 2. The predicted octanol–water partition coefficient (Wildman–Crippen LogP) is -0.115. The van der Waals surface area contributed by atoms with Crippen molar-refractivity contribution in [2.75, 3.05) is 18.4 Å². The Labute approximate surface area is 96.4 Å². The summed E-state index contributed by atoms with van der Waals surface area (Å²) < 4.78 is 0. The van der Waals surface area contributed by atoms with Gasteiger partial charge in [-0.15, -0.1) is 11.3 Å². The number of rotatable bonds is 3. The second-order valence-corrected chi connectivity index (χ2v) is 4.51. The highest BCUT2D eigenvalue weighted by Crippen LogP contribution is 2.23. The Morgan fingerprint density at radius 3 is 2.88 bits per heavy atom. The Kier molecular flexibility index (Phi) is 2.78. The van der Waals surface area contributed by atoms with Gasteiger partial charge in [0.1, 0.15) is 5.00 Å². The van der Waals surface area contributed by atoms with Gasteiger partial charge in [-0.1, -0.05) is 0 Å². The molecule has 16 heavy (non-hydrogen) atoms. The molecular weight excluding hydrogens is 228 g/mol. The number of primary amides is 1. The molecule has 0 atom stereocenters. The average Bonchev–Trinajstić information content (AvgIpc) is 2.57. The fraction of sp³-hybridized carbons (Fsp3) is 0.444. The highest BCUT2D eigenvalue weighted by molar-refractivity contribution is 7.14. The van der Waals surface area contributed by atoms with E-state index in [4.69, 9.17) is 5.73 Å². The lowest BCUT2D eigenvalue weighted by molar-refractivity contribution is -0.132. The fourth-order valence-corrected chi connectivity index (χ4v) is 2.30. The van der Waals surface area contributed by atoms with Crippen molar-refractivity contribution < 1.29 is 9.59 Å². The largest absolute Gasteiger partial charge is 0.369 e. The monoisotopic (exact) mass is 240 g/mol. The number of anilines is 1. The average molecular weight is 240 g/mol. The molecule has 86 valence electrons. The highest BCUT2D eigenvalue weighted by Gasteiger charge is 2.29. The molecule has 1 saturated heterocycles. The van der Waals surface area contributed by atoms with Crippen LogP contribution in [0.25, 0.3) is 0 Å². The molecule has 2 amide bonds. The molecule has 1 fully saturated rings. The Hall–Kier alpha value is -1.63. The van der Waals surface area contributed by atoms with Crippen LogP contribution < -0.4 is 11.1 Å². The van der Waals surface area contributed by atoms with Crippen LogP contribution in [0.3, 0.4) is 0 Å². The van der Waals surface area contributed by atoms with E-state index >= 15 is 0 Å². The second-order valence-electron chi connectivity index (χ2n) is 3.66. The minimum absolute atomic E-state index is 0.0671. The van der Waals surface area contributed by atoms with Crippen molar-refractivity contribution in [1.82, 2.24) is 9.88 Å². The molecule has 0 saturated carbocycles. The van der Waals surface area contributed by atoms with Gasteiger partial charge in [-0.05, 0) is 0 Å². The van der Waals surface area contributed by atoms with Gasteiger partial charge in [0.25, 0.3) is 5.91 Å². The standard InChI is InChI=1S/C9H12N4O2S/c1-5(14)13-2-6(3-13)12-9-7(8(10)15)11-4-16-9/h4,6,12H,2-3H2,1H3,(H2,10,15). The zero-order chi connectivity index (χ0) is 11.7. The van der Waals surface area contributed by atoms with Gasteiger partial charge < -0.3 is 16.0 Å². The minimum atomic E-state index is -0.536. The molecule has 2 rings (SSSR count). The van der Waals surface area contributed by atoms with E-state index < -0.39 is 5.91 Å². The molecule has 1 aliphatic heterocycles. The van der Waals surface area contributed by atoms with Crippen LogP contribution in [0.15, 0.2) is 5.51 Å². The smallest absolute Gasteiger partial charge is 0.270 e. The number of nitrogens with one attached hydrogen (secondary N) is 1. The van der Waals surface area contributed by atoms with E-state index in [1.165, 1.54) is 18.3 Å². The summed E-state index contributed by atoms with van der Waals surface area (Å²) in [5, 5.41) is 3.84. The Morgan fingerprint density at radius 2 is 2.31 bits per heavy atom. The Bertz CT molecular complexity index is 425. The lowest BCUT2D eigenvalue weighted by Gasteiger charge is -2.39. The number of aromatic nitrogens is 1. The molecule has 0 radical (unpaired) electrons. The van der Waals surface area contributed by atoms with Gasteiger partial charge in [0.05, 0.1) is 11.6 Å². The summed E-state index contributed by atoms with van der Waals surface area (Å²) in [6.07, 6.45) is 0. The van der Waals surface area contributed by atoms with Crippen LogP contribution in [0.5, 0.6) is 0 Å². The van der Waals surface area contributed by atoms with E-state index in [9.17, 15) is 9.59 Å². The van der Waals surface area contributed by atoms with Crippen LogP contribution in [0.4, 0.5) is 5.00 Å². The molecule has 1 aliphatic rings. The molecule has 6 nitrogen and oxygen atoms in total. The van der Waals surface area contributed by atoms with Gasteiger partial charge in [0, 0.05) is 20.0 Å². The predicted molar refractivity (Wildman–Crippen MR) is 60.3 cm³/mol. The SMILES string of the molecule is CC(=O)N1CC(Nc2scnc2C(N)=O)C1. The summed E-state index contributed by atoms with van der Waals surface area (Å²) in [6.45, 7) is 2.86. The summed E-state index contributed by atoms with van der Waals surface area (Å²) in [5.74, 6) is -0.469. The number of hydrogen-bond acceptors (Lipinski definition) is 5. The molecular formula is C9H12N4O2S. The molecule has 2 heterocycles. The minimum Gasteiger partial charge on any atom is -0.369 e. The van der Waals surface area contributed by atoms with Gasteiger partial charge in [0.2, 0.25) is 5.91 Å². The third-order valence-corrected chi connectivity index (χ3v) is 3.22. The molecule has 0 unspecified atom stereocenters. The molecule has 7 heteroatoms. The number of likely N-dealkylation sites (tertiary alicyclic amines) is 1. The number of nitrogens with two attached hydrogens (primary N) is 1. The van der Waals surface area contributed by atoms with Crippen molar-refractivity contribution >= 4 is 28.2 Å². The molecule has 0 aromatic carbocycles. The van der Waals surface area contributed by atoms with Gasteiger partial charge >= 0.3 is 0 Å². The fourth-order valence-electron chi connectivity index (χ4n) is 1.54. The third kappa shape index (κ3) is 1.99. The first kappa shape index (κ1) is 10.9. The molecule has 1 aromatic heterocycles. The molecule has 0 spiro atoms. The van der Waals surface area contributed by atoms with Gasteiger partial charge in [0.15, 0.2) is 5.69 Å². The molecule has 0 aliphatic carbocycles. The van der Waals surface area contributed by atoms with E-state index in [2.05, 4.69) is 10.3 Å². The van der Waals surface area contributed by atoms with E-state index in [-0.39, 0.29) is 17.6 Å². The zero-order valence-electron chi connectivity index (χ0n) is 8.77. The van der Waals surface area contributed by atoms with Crippen molar-refractivity contribution in [1.29, 1.82) is 0 Å². The zero-order valence-corrected chi connectivity index (χ0v) is 9.58. The van der Waals surface area contributed by atoms with Crippen LogP contribution in [0.2, 0.25) is 0 Å². The molecule has 0 bridgehead atoms. The normalized spacial score (nSPS) is 15.7. The number of thiazole rings is 1. The van der Waals surface area contributed by atoms with Crippen LogP contribution >= 0.6 is 11.3 Å². The van der Waals surface area contributed by atoms with Crippen molar-refractivity contribution in [3.8, 4) is 0 Å². The Balaban J connectivity index is 1.94. The van der Waals surface area contributed by atoms with E-state index in [1.54, 1.807) is 10.4 Å². The quantitative estimate of drug-likeness (QED) is 0.771. The van der Waals surface area contributed by atoms with Crippen molar-refractivity contribution in [2.24, 2.45) is 5.73 Å². The maximum atomic E-state index is 11.0. The maximum absolute atomic E-state index is 11.0. The van der Waals surface area contributed by atoms with Gasteiger partial charge in [-0.2, -0.15) is 0 Å². The summed E-state index contributed by atoms with van der Waals surface area (Å²) in [6, 6.07) is 0.183. The number of carbonyl (C=O) groups is 2. The maximum Gasteiger partial charge on any atom is 0.270 e. The summed E-state index contributed by atoms with van der Waals surface area (Å²) >= 11 is 1.34. The van der Waals surface area contributed by atoms with E-state index in [1.807, 2.05) is 0 Å². The second kappa shape index (κ2) is 4.09. The topological polar surface area (TPSA) is 88.3 Å². The van der Waals surface area contributed by atoms with Crippen molar-refractivity contribution in [2.45, 2.75) is 13.0 Å². The number of hydrogen-bond donors (Lipinski definition) is 2. The first-order valence-electron chi connectivity index (χ1n) is 4.83. The first-order valence-corrected chi connectivity index (χ1v) is 5.71. The summed E-state index contributed by atoms with van der Waals surface area (Å²) in [5.41, 5.74) is 7.01. The van der Waals surface area contributed by atoms with Crippen LogP contribution in [-0.4, -0.2) is 40.8 Å². The third-order valence-electron chi connectivity index (χ3n) is 2.46. The van der Waals surface area contributed by atoms with Crippen LogP contribution in [0.1, 0.15) is 17.4 Å². The molecule has 1 aromatic rings. The highest BCUT2D eigenvalue weighted by atomic mass is 32.1. The lowest BCUT2D eigenvalue weighted by Crippen LogP contribution is -2.56. The van der Waals surface area contributed by atoms with E-state index in [0.29, 0.717) is 18.1 Å².